The van der Waals surface area contributed by atoms with Gasteiger partial charge in [0.25, 0.3) is 0 Å². The maximum absolute atomic E-state index is 13.0. The summed E-state index contributed by atoms with van der Waals surface area (Å²) in [6.45, 7) is 3.39. The average molecular weight is 461 g/mol. The van der Waals surface area contributed by atoms with Gasteiger partial charge in [0.1, 0.15) is 5.75 Å². The molecule has 0 saturated carbocycles. The van der Waals surface area contributed by atoms with Gasteiger partial charge in [-0.15, -0.1) is 0 Å². The Labute approximate surface area is 200 Å². The number of aliphatic carboxylic acids is 1. The highest BCUT2D eigenvalue weighted by molar-refractivity contribution is 5.84. The molecule has 1 fully saturated rings. The zero-order valence-electron chi connectivity index (χ0n) is 20.0. The molecule has 1 amide bonds. The standard InChI is InChI=1S/C28H32N2O4/c1-4-15-29(2)25(31)18-30-17-24(22-10-9-19-7-5-6-8-21(19)16-22)26(28(32)33)27(30)20-11-13-23(34-3)14-12-20/h5-14,16,24,26-27H,4,15,17-18H2,1-3H3,(H,32,33)/t24-,26+,27-/m1/s1. The maximum atomic E-state index is 13.0. The lowest BCUT2D eigenvalue weighted by molar-refractivity contribution is -0.143. The first-order valence-electron chi connectivity index (χ1n) is 11.8. The lowest BCUT2D eigenvalue weighted by Crippen LogP contribution is -2.39. The molecule has 1 aliphatic rings. The number of fused-ring (bicyclic) bond motifs is 1. The van der Waals surface area contributed by atoms with Crippen LogP contribution >= 0.6 is 0 Å². The Bertz CT molecular complexity index is 1160. The molecule has 1 saturated heterocycles. The van der Waals surface area contributed by atoms with Crippen molar-refractivity contribution in [2.75, 3.05) is 33.8 Å². The van der Waals surface area contributed by atoms with Gasteiger partial charge in [-0.2, -0.15) is 0 Å². The Kier molecular flexibility index (Phi) is 7.17. The van der Waals surface area contributed by atoms with Gasteiger partial charge in [-0.3, -0.25) is 14.5 Å². The van der Waals surface area contributed by atoms with E-state index in [0.717, 1.165) is 28.3 Å². The molecule has 6 heteroatoms. The first kappa shape index (κ1) is 23.8. The van der Waals surface area contributed by atoms with Crippen LogP contribution in [0.1, 0.15) is 36.4 Å². The molecule has 1 N–H and O–H groups in total. The van der Waals surface area contributed by atoms with E-state index >= 15 is 0 Å². The minimum atomic E-state index is -0.851. The van der Waals surface area contributed by atoms with Gasteiger partial charge < -0.3 is 14.7 Å². The third-order valence-corrected chi connectivity index (χ3v) is 6.87. The Hall–Kier alpha value is -3.38. The summed E-state index contributed by atoms with van der Waals surface area (Å²) in [4.78, 5) is 29.4. The summed E-state index contributed by atoms with van der Waals surface area (Å²) in [5.41, 5.74) is 1.86. The topological polar surface area (TPSA) is 70.1 Å². The average Bonchev–Trinajstić information content (AvgIpc) is 3.23. The molecule has 3 aromatic carbocycles. The number of benzene rings is 3. The molecule has 34 heavy (non-hydrogen) atoms. The lowest BCUT2D eigenvalue weighted by atomic mass is 9.82. The van der Waals surface area contributed by atoms with E-state index < -0.39 is 17.9 Å². The van der Waals surface area contributed by atoms with Crippen molar-refractivity contribution < 1.29 is 19.4 Å². The summed E-state index contributed by atoms with van der Waals surface area (Å²) in [5.74, 6) is -1.05. The molecule has 0 aliphatic carbocycles. The van der Waals surface area contributed by atoms with Crippen molar-refractivity contribution in [1.82, 2.24) is 9.80 Å². The third-order valence-electron chi connectivity index (χ3n) is 6.87. The van der Waals surface area contributed by atoms with Crippen LogP contribution in [0.15, 0.2) is 66.7 Å². The molecule has 0 bridgehead atoms. The van der Waals surface area contributed by atoms with Crippen molar-refractivity contribution in [2.24, 2.45) is 5.92 Å². The Balaban J connectivity index is 1.74. The van der Waals surface area contributed by atoms with Crippen LogP contribution in [0, 0.1) is 5.92 Å². The summed E-state index contributed by atoms with van der Waals surface area (Å²) in [6, 6.07) is 21.4. The van der Waals surface area contributed by atoms with Crippen molar-refractivity contribution in [3.63, 3.8) is 0 Å². The molecule has 0 unspecified atom stereocenters. The highest BCUT2D eigenvalue weighted by Crippen LogP contribution is 2.46. The number of carboxylic acids is 1. The molecular weight excluding hydrogens is 428 g/mol. The minimum Gasteiger partial charge on any atom is -0.497 e. The quantitative estimate of drug-likeness (QED) is 0.534. The molecule has 0 aromatic heterocycles. The van der Waals surface area contributed by atoms with E-state index in [2.05, 4.69) is 18.2 Å². The number of hydrogen-bond acceptors (Lipinski definition) is 4. The van der Waals surface area contributed by atoms with Crippen LogP contribution in [0.2, 0.25) is 0 Å². The molecule has 1 aliphatic heterocycles. The van der Waals surface area contributed by atoms with E-state index in [1.54, 1.807) is 19.1 Å². The van der Waals surface area contributed by atoms with Gasteiger partial charge in [0.05, 0.1) is 19.6 Å². The Morgan fingerprint density at radius 3 is 2.35 bits per heavy atom. The highest BCUT2D eigenvalue weighted by atomic mass is 16.5. The summed E-state index contributed by atoms with van der Waals surface area (Å²) in [5, 5.41) is 12.6. The van der Waals surface area contributed by atoms with Crippen molar-refractivity contribution in [3.8, 4) is 5.75 Å². The van der Waals surface area contributed by atoms with Crippen molar-refractivity contribution in [1.29, 1.82) is 0 Å². The molecule has 3 atom stereocenters. The predicted octanol–water partition coefficient (Wildman–Crippen LogP) is 4.56. The molecule has 178 valence electrons. The summed E-state index contributed by atoms with van der Waals surface area (Å²) in [6.07, 6.45) is 0.877. The zero-order valence-corrected chi connectivity index (χ0v) is 20.0. The first-order valence-corrected chi connectivity index (χ1v) is 11.8. The van der Waals surface area contributed by atoms with Crippen molar-refractivity contribution in [2.45, 2.75) is 25.3 Å². The van der Waals surface area contributed by atoms with Crippen LogP contribution in [-0.2, 0) is 9.59 Å². The second-order valence-electron chi connectivity index (χ2n) is 9.04. The number of amides is 1. The molecule has 6 nitrogen and oxygen atoms in total. The molecule has 4 rings (SSSR count). The van der Waals surface area contributed by atoms with Crippen LogP contribution in [0.4, 0.5) is 0 Å². The molecule has 0 spiro atoms. The minimum absolute atomic E-state index is 0.00339. The molecular formula is C28H32N2O4. The smallest absolute Gasteiger partial charge is 0.309 e. The highest BCUT2D eigenvalue weighted by Gasteiger charge is 2.48. The second-order valence-corrected chi connectivity index (χ2v) is 9.04. The van der Waals surface area contributed by atoms with E-state index in [1.807, 2.05) is 60.4 Å². The van der Waals surface area contributed by atoms with Gasteiger partial charge >= 0.3 is 5.97 Å². The Morgan fingerprint density at radius 2 is 1.71 bits per heavy atom. The predicted molar refractivity (Wildman–Crippen MR) is 133 cm³/mol. The maximum Gasteiger partial charge on any atom is 0.309 e. The fourth-order valence-corrected chi connectivity index (χ4v) is 5.12. The molecule has 1 heterocycles. The molecule has 3 aromatic rings. The normalized spacial score (nSPS) is 20.4. The van der Waals surface area contributed by atoms with E-state index in [4.69, 9.17) is 4.74 Å². The zero-order chi connectivity index (χ0) is 24.2. The van der Waals surface area contributed by atoms with Crippen molar-refractivity contribution >= 4 is 22.6 Å². The number of ether oxygens (including phenoxy) is 1. The largest absolute Gasteiger partial charge is 0.497 e. The van der Waals surface area contributed by atoms with E-state index in [9.17, 15) is 14.7 Å². The van der Waals surface area contributed by atoms with Gasteiger partial charge in [-0.1, -0.05) is 61.5 Å². The fourth-order valence-electron chi connectivity index (χ4n) is 5.12. The van der Waals surface area contributed by atoms with Crippen LogP contribution in [0.25, 0.3) is 10.8 Å². The SMILES string of the molecule is CCCN(C)C(=O)CN1C[C@H](c2ccc3ccccc3c2)[C@H](C(=O)O)[C@H]1c1ccc(OC)cc1. The number of methoxy groups -OCH3 is 1. The number of likely N-dealkylation sites (N-methyl/N-ethyl adjacent to an activating group) is 1. The van der Waals surface area contributed by atoms with Crippen molar-refractivity contribution in [3.05, 3.63) is 77.9 Å². The van der Waals surface area contributed by atoms with E-state index in [0.29, 0.717) is 18.8 Å². The molecule has 0 radical (unpaired) electrons. The Morgan fingerprint density at radius 1 is 1.03 bits per heavy atom. The van der Waals surface area contributed by atoms with Crippen LogP contribution < -0.4 is 4.74 Å². The monoisotopic (exact) mass is 460 g/mol. The number of carbonyl (C=O) groups is 2. The third kappa shape index (κ3) is 4.77. The second kappa shape index (κ2) is 10.3. The van der Waals surface area contributed by atoms with E-state index in [-0.39, 0.29) is 18.4 Å². The number of hydrogen-bond donors (Lipinski definition) is 1. The fraction of sp³-hybridized carbons (Fsp3) is 0.357. The van der Waals surface area contributed by atoms with Crippen LogP contribution in [0.5, 0.6) is 5.75 Å². The first-order chi connectivity index (χ1) is 16.4. The summed E-state index contributed by atoms with van der Waals surface area (Å²) >= 11 is 0. The lowest BCUT2D eigenvalue weighted by Gasteiger charge is -2.28. The number of nitrogens with zero attached hydrogens (tertiary/aromatic N) is 2. The van der Waals surface area contributed by atoms with Gasteiger partial charge in [-0.05, 0) is 40.5 Å². The van der Waals surface area contributed by atoms with Crippen LogP contribution in [-0.4, -0.2) is 60.6 Å². The van der Waals surface area contributed by atoms with Gasteiger partial charge in [-0.25, -0.2) is 0 Å². The summed E-state index contributed by atoms with van der Waals surface area (Å²) < 4.78 is 5.30. The summed E-state index contributed by atoms with van der Waals surface area (Å²) in [7, 11) is 3.41. The van der Waals surface area contributed by atoms with Gasteiger partial charge in [0, 0.05) is 32.1 Å². The van der Waals surface area contributed by atoms with Gasteiger partial charge in [0.15, 0.2) is 0 Å². The number of carboxylic acid groups (broad SMARTS) is 1. The van der Waals surface area contributed by atoms with E-state index in [1.165, 1.54) is 0 Å². The number of carbonyl (C=O) groups excluding carboxylic acids is 1. The van der Waals surface area contributed by atoms with Crippen LogP contribution in [0.3, 0.4) is 0 Å². The van der Waals surface area contributed by atoms with Gasteiger partial charge in [0.2, 0.25) is 5.91 Å². The number of rotatable bonds is 8. The number of likely N-dealkylation sites (tertiary alicyclic amines) is 1.